The van der Waals surface area contributed by atoms with Crippen LogP contribution in [0.1, 0.15) is 38.4 Å². The number of amides is 1. The number of hydrogen-bond donors (Lipinski definition) is 2. The molecule has 3 aromatic carbocycles. The van der Waals surface area contributed by atoms with Crippen molar-refractivity contribution in [1.29, 1.82) is 0 Å². The van der Waals surface area contributed by atoms with Crippen molar-refractivity contribution in [3.63, 3.8) is 0 Å². The summed E-state index contributed by atoms with van der Waals surface area (Å²) in [6, 6.07) is 19.3. The van der Waals surface area contributed by atoms with Crippen molar-refractivity contribution < 1.29 is 9.18 Å². The fourth-order valence-corrected chi connectivity index (χ4v) is 4.87. The van der Waals surface area contributed by atoms with Crippen molar-refractivity contribution in [2.24, 2.45) is 0 Å². The first kappa shape index (κ1) is 24.2. The van der Waals surface area contributed by atoms with Crippen LogP contribution in [0.5, 0.6) is 0 Å². The molecule has 1 aromatic heterocycles. The zero-order valence-electron chi connectivity index (χ0n) is 19.8. The molecule has 36 heavy (non-hydrogen) atoms. The molecule has 0 atom stereocenters. The summed E-state index contributed by atoms with van der Waals surface area (Å²) in [4.78, 5) is 18.4. The first-order chi connectivity index (χ1) is 17.3. The van der Waals surface area contributed by atoms with Crippen LogP contribution in [0.25, 0.3) is 11.6 Å². The number of rotatable bonds is 5. The predicted molar refractivity (Wildman–Crippen MR) is 146 cm³/mol. The molecule has 7 heteroatoms. The van der Waals surface area contributed by atoms with Crippen molar-refractivity contribution in [2.75, 3.05) is 16.8 Å². The third-order valence-corrected chi connectivity index (χ3v) is 6.99. The summed E-state index contributed by atoms with van der Waals surface area (Å²) < 4.78 is 13.6. The zero-order chi connectivity index (χ0) is 25.4. The molecule has 0 bridgehead atoms. The van der Waals surface area contributed by atoms with Crippen LogP contribution in [0.4, 0.5) is 15.8 Å². The molecule has 0 saturated heterocycles. The highest BCUT2D eigenvalue weighted by Crippen LogP contribution is 2.40. The lowest BCUT2D eigenvalue weighted by atomic mass is 10.0. The number of carbonyl (C=O) groups is 1. The molecule has 0 spiro atoms. The Balaban J connectivity index is 1.49. The first-order valence-corrected chi connectivity index (χ1v) is 12.3. The van der Waals surface area contributed by atoms with Crippen molar-refractivity contribution in [3.8, 4) is 0 Å². The fourth-order valence-electron chi connectivity index (χ4n) is 4.55. The molecule has 0 fully saturated rings. The monoisotopic (exact) mass is 519 g/mol. The van der Waals surface area contributed by atoms with Gasteiger partial charge in [0.25, 0.3) is 5.91 Å². The minimum atomic E-state index is -0.448. The largest absolute Gasteiger partial charge is 0.362 e. The molecule has 0 saturated carbocycles. The number of H-pyrrole nitrogens is 1. The zero-order valence-corrected chi connectivity index (χ0v) is 21.3. The van der Waals surface area contributed by atoms with E-state index in [9.17, 15) is 9.18 Å². The molecule has 1 amide bonds. The van der Waals surface area contributed by atoms with Gasteiger partial charge in [0.15, 0.2) is 0 Å². The number of hydrogen-bond acceptors (Lipinski definition) is 2. The van der Waals surface area contributed by atoms with Gasteiger partial charge in [0, 0.05) is 47.0 Å². The molecular weight excluding hydrogens is 496 g/mol. The number of nitrogens with one attached hydrogen (secondary N) is 2. The number of halogens is 3. The maximum absolute atomic E-state index is 13.6. The van der Waals surface area contributed by atoms with Crippen molar-refractivity contribution >= 4 is 52.1 Å². The molecule has 0 aliphatic carbocycles. The molecule has 2 N–H and O–H groups in total. The summed E-state index contributed by atoms with van der Waals surface area (Å²) >= 11 is 12.4. The minimum Gasteiger partial charge on any atom is -0.362 e. The Morgan fingerprint density at radius 3 is 2.61 bits per heavy atom. The third-order valence-electron chi connectivity index (χ3n) is 6.25. The van der Waals surface area contributed by atoms with E-state index in [-0.39, 0.29) is 11.5 Å². The van der Waals surface area contributed by atoms with Crippen molar-refractivity contribution in [3.05, 3.63) is 116 Å². The van der Waals surface area contributed by atoms with E-state index in [0.717, 1.165) is 33.8 Å². The van der Waals surface area contributed by atoms with Gasteiger partial charge >= 0.3 is 0 Å². The van der Waals surface area contributed by atoms with Crippen LogP contribution in [0.2, 0.25) is 10.0 Å². The molecule has 1 aliphatic heterocycles. The van der Waals surface area contributed by atoms with Crippen LogP contribution in [0.3, 0.4) is 0 Å². The fraction of sp³-hybridized carbons (Fsp3) is 0.138. The Labute approximate surface area is 219 Å². The number of nitrogens with zero attached hydrogens (tertiary/aromatic N) is 1. The summed E-state index contributed by atoms with van der Waals surface area (Å²) in [6.07, 6.45) is 2.16. The summed E-state index contributed by atoms with van der Waals surface area (Å²) in [5.41, 5.74) is 8.48. The summed E-state index contributed by atoms with van der Waals surface area (Å²) in [6.45, 7) is 5.45. The van der Waals surface area contributed by atoms with Crippen LogP contribution in [0, 0.1) is 19.7 Å². The number of aryl methyl sites for hydroxylation is 2. The number of aromatic nitrogens is 1. The number of benzene rings is 3. The Hall–Kier alpha value is -3.54. The maximum atomic E-state index is 13.6. The van der Waals surface area contributed by atoms with Gasteiger partial charge in [-0.25, -0.2) is 4.39 Å². The van der Waals surface area contributed by atoms with Gasteiger partial charge in [-0.15, -0.1) is 0 Å². The van der Waals surface area contributed by atoms with Gasteiger partial charge in [-0.05, 0) is 91.2 Å². The van der Waals surface area contributed by atoms with E-state index in [4.69, 9.17) is 23.2 Å². The van der Waals surface area contributed by atoms with Gasteiger partial charge in [-0.3, -0.25) is 4.79 Å². The third kappa shape index (κ3) is 5.03. The second kappa shape index (κ2) is 9.84. The predicted octanol–water partition coefficient (Wildman–Crippen LogP) is 7.89. The molecule has 4 aromatic rings. The molecule has 0 radical (unpaired) electrons. The lowest BCUT2D eigenvalue weighted by Crippen LogP contribution is -2.19. The van der Waals surface area contributed by atoms with Gasteiger partial charge < -0.3 is 15.2 Å². The SMILES string of the molecule is Cc1cc(C)c(C=C2CN(Cc3ccc(Cl)c(Cl)c3)c3ccc(NC(=O)c4cccc(F)c4)cc32)[nH]1. The average Bonchev–Trinajstić information content (AvgIpc) is 3.34. The van der Waals surface area contributed by atoms with Gasteiger partial charge in [0.2, 0.25) is 0 Å². The average molecular weight is 520 g/mol. The van der Waals surface area contributed by atoms with E-state index in [0.29, 0.717) is 28.8 Å². The lowest BCUT2D eigenvalue weighted by molar-refractivity contribution is 0.102. The van der Waals surface area contributed by atoms with Crippen LogP contribution in [-0.4, -0.2) is 17.4 Å². The standard InChI is InChI=1S/C29H24Cl2FN3O/c1-17-10-18(2)33-27(17)13-21-16-35(15-19-6-8-25(30)26(31)11-19)28-9-7-23(14-24(21)28)34-29(36)20-4-3-5-22(32)12-20/h3-14,33H,15-16H2,1-2H3,(H,34,36). The molecule has 0 unspecified atom stereocenters. The highest BCUT2D eigenvalue weighted by molar-refractivity contribution is 6.42. The van der Waals surface area contributed by atoms with Crippen LogP contribution < -0.4 is 10.2 Å². The molecule has 5 rings (SSSR count). The number of aromatic amines is 1. The van der Waals surface area contributed by atoms with Crippen molar-refractivity contribution in [1.82, 2.24) is 4.98 Å². The summed E-state index contributed by atoms with van der Waals surface area (Å²) in [5.74, 6) is -0.808. The van der Waals surface area contributed by atoms with Crippen LogP contribution >= 0.6 is 23.2 Å². The van der Waals surface area contributed by atoms with Gasteiger partial charge in [0.05, 0.1) is 10.0 Å². The Kier molecular flexibility index (Phi) is 6.61. The molecule has 1 aliphatic rings. The molecule has 182 valence electrons. The number of anilines is 2. The lowest BCUT2D eigenvalue weighted by Gasteiger charge is -2.20. The summed E-state index contributed by atoms with van der Waals surface area (Å²) in [7, 11) is 0. The normalized spacial score (nSPS) is 13.8. The smallest absolute Gasteiger partial charge is 0.255 e. The van der Waals surface area contributed by atoms with E-state index in [1.807, 2.05) is 43.3 Å². The quantitative estimate of drug-likeness (QED) is 0.281. The Bertz CT molecular complexity index is 1510. The van der Waals surface area contributed by atoms with Gasteiger partial charge in [0.1, 0.15) is 5.82 Å². The Morgan fingerprint density at radius 1 is 1.06 bits per heavy atom. The minimum absolute atomic E-state index is 0.269. The topological polar surface area (TPSA) is 48.1 Å². The van der Waals surface area contributed by atoms with Gasteiger partial charge in [-0.1, -0.05) is 35.3 Å². The summed E-state index contributed by atoms with van der Waals surface area (Å²) in [5, 5.41) is 3.95. The van der Waals surface area contributed by atoms with Crippen LogP contribution in [0.15, 0.2) is 66.7 Å². The maximum Gasteiger partial charge on any atom is 0.255 e. The second-order valence-corrected chi connectivity index (χ2v) is 9.83. The van der Waals surface area contributed by atoms with Crippen molar-refractivity contribution in [2.45, 2.75) is 20.4 Å². The molecular formula is C29H24Cl2FN3O. The molecule has 2 heterocycles. The van der Waals surface area contributed by atoms with E-state index in [1.165, 1.54) is 23.8 Å². The highest BCUT2D eigenvalue weighted by atomic mass is 35.5. The van der Waals surface area contributed by atoms with Gasteiger partial charge in [-0.2, -0.15) is 0 Å². The van der Waals surface area contributed by atoms with Crippen LogP contribution in [-0.2, 0) is 6.54 Å². The van der Waals surface area contributed by atoms with E-state index < -0.39 is 5.82 Å². The number of carbonyl (C=O) groups excluding carboxylic acids is 1. The molecule has 4 nitrogen and oxygen atoms in total. The van der Waals surface area contributed by atoms with E-state index in [2.05, 4.69) is 34.3 Å². The highest BCUT2D eigenvalue weighted by Gasteiger charge is 2.25. The second-order valence-electron chi connectivity index (χ2n) is 9.02. The first-order valence-electron chi connectivity index (χ1n) is 11.5. The van der Waals surface area contributed by atoms with E-state index >= 15 is 0 Å². The van der Waals surface area contributed by atoms with E-state index in [1.54, 1.807) is 6.07 Å². The number of fused-ring (bicyclic) bond motifs is 1. The Morgan fingerprint density at radius 2 is 1.89 bits per heavy atom.